The Morgan fingerprint density at radius 3 is 2.30 bits per heavy atom. The van der Waals surface area contributed by atoms with E-state index in [0.717, 1.165) is 17.0 Å². The number of thioether (sulfide) groups is 1. The second kappa shape index (κ2) is 9.94. The lowest BCUT2D eigenvalue weighted by Gasteiger charge is -2.35. The fraction of sp³-hybridized carbons (Fsp3) is 0.409. The summed E-state index contributed by atoms with van der Waals surface area (Å²) in [6, 6.07) is 9.65. The lowest BCUT2D eigenvalue weighted by atomic mass is 10.1. The number of hydrogen-bond donors (Lipinski definition) is 1. The summed E-state index contributed by atoms with van der Waals surface area (Å²) in [7, 11) is -3.84. The first-order valence-electron chi connectivity index (χ1n) is 10.3. The number of rotatable bonds is 6. The van der Waals surface area contributed by atoms with Gasteiger partial charge < -0.3 is 10.2 Å². The zero-order chi connectivity index (χ0) is 24.4. The molecule has 2 aromatic carbocycles. The Balaban J connectivity index is 1.77. The summed E-state index contributed by atoms with van der Waals surface area (Å²) in [6.45, 7) is 4.30. The van der Waals surface area contributed by atoms with Gasteiger partial charge in [-0.2, -0.15) is 17.5 Å². The number of amides is 1. The lowest BCUT2D eigenvalue weighted by Crippen LogP contribution is -2.48. The van der Waals surface area contributed by atoms with Gasteiger partial charge in [-0.25, -0.2) is 8.42 Å². The summed E-state index contributed by atoms with van der Waals surface area (Å²) >= 11 is 1.39. The van der Waals surface area contributed by atoms with Crippen LogP contribution in [0.2, 0.25) is 0 Å². The first-order chi connectivity index (χ1) is 15.4. The molecule has 1 N–H and O–H groups in total. The van der Waals surface area contributed by atoms with E-state index < -0.39 is 21.8 Å². The third-order valence-electron chi connectivity index (χ3n) is 5.37. The molecule has 0 radical (unpaired) electrons. The standard InChI is InChI=1S/C22H26F3N3O3S2/c1-15(2)21(29)26-19-14-18(7-8-20(19)32-3)33(30,31)28-11-9-27(10-12-28)17-6-4-5-16(13-17)22(23,24)25/h4-8,13-15H,9-12H2,1-3H3,(H,26,29). The van der Waals surface area contributed by atoms with E-state index in [2.05, 4.69) is 5.32 Å². The third kappa shape index (κ3) is 5.82. The number of benzene rings is 2. The van der Waals surface area contributed by atoms with Crippen LogP contribution in [0.4, 0.5) is 24.5 Å². The van der Waals surface area contributed by atoms with E-state index in [4.69, 9.17) is 0 Å². The molecule has 0 aromatic heterocycles. The molecule has 0 unspecified atom stereocenters. The summed E-state index contributed by atoms with van der Waals surface area (Å²) in [6.07, 6.45) is -2.60. The predicted molar refractivity (Wildman–Crippen MR) is 124 cm³/mol. The molecule has 0 aliphatic carbocycles. The SMILES string of the molecule is CSc1ccc(S(=O)(=O)N2CCN(c3cccc(C(F)(F)F)c3)CC2)cc1NC(=O)C(C)C. The predicted octanol–water partition coefficient (Wildman–Crippen LogP) is 4.53. The largest absolute Gasteiger partial charge is 0.416 e. The number of nitrogens with one attached hydrogen (secondary N) is 1. The van der Waals surface area contributed by atoms with Gasteiger partial charge in [-0.3, -0.25) is 4.79 Å². The molecule has 180 valence electrons. The van der Waals surface area contributed by atoms with Gasteiger partial charge in [0.15, 0.2) is 0 Å². The number of alkyl halides is 3. The first-order valence-corrected chi connectivity index (χ1v) is 13.0. The molecular weight excluding hydrogens is 475 g/mol. The van der Waals surface area contributed by atoms with Crippen LogP contribution in [0.5, 0.6) is 0 Å². The van der Waals surface area contributed by atoms with Crippen LogP contribution in [0, 0.1) is 5.92 Å². The Morgan fingerprint density at radius 1 is 1.06 bits per heavy atom. The molecule has 0 saturated carbocycles. The number of carbonyl (C=O) groups is 1. The van der Waals surface area contributed by atoms with Crippen molar-refractivity contribution in [3.05, 3.63) is 48.0 Å². The van der Waals surface area contributed by atoms with Gasteiger partial charge in [0.25, 0.3) is 0 Å². The second-order valence-electron chi connectivity index (χ2n) is 7.95. The highest BCUT2D eigenvalue weighted by Gasteiger charge is 2.32. The Bertz CT molecular complexity index is 1110. The van der Waals surface area contributed by atoms with Crippen molar-refractivity contribution in [2.75, 3.05) is 42.7 Å². The van der Waals surface area contributed by atoms with Gasteiger partial charge in [-0.1, -0.05) is 19.9 Å². The topological polar surface area (TPSA) is 69.7 Å². The van der Waals surface area contributed by atoms with Crippen LogP contribution in [0.25, 0.3) is 0 Å². The normalized spacial score (nSPS) is 15.7. The van der Waals surface area contributed by atoms with E-state index in [1.54, 1.807) is 30.9 Å². The lowest BCUT2D eigenvalue weighted by molar-refractivity contribution is -0.137. The summed E-state index contributed by atoms with van der Waals surface area (Å²) < 4.78 is 66.8. The molecule has 6 nitrogen and oxygen atoms in total. The quantitative estimate of drug-likeness (QED) is 0.589. The van der Waals surface area contributed by atoms with Crippen molar-refractivity contribution in [1.82, 2.24) is 4.31 Å². The minimum absolute atomic E-state index is 0.0619. The minimum atomic E-state index is -4.44. The van der Waals surface area contributed by atoms with Gasteiger partial charge in [0.2, 0.25) is 15.9 Å². The fourth-order valence-electron chi connectivity index (χ4n) is 3.44. The van der Waals surface area contributed by atoms with Crippen LogP contribution in [-0.4, -0.2) is 51.1 Å². The third-order valence-corrected chi connectivity index (χ3v) is 8.06. The second-order valence-corrected chi connectivity index (χ2v) is 10.7. The van der Waals surface area contributed by atoms with E-state index in [9.17, 15) is 26.4 Å². The fourth-order valence-corrected chi connectivity index (χ4v) is 5.42. The van der Waals surface area contributed by atoms with E-state index in [0.29, 0.717) is 11.4 Å². The molecule has 1 aliphatic heterocycles. The van der Waals surface area contributed by atoms with Crippen molar-refractivity contribution in [2.24, 2.45) is 5.92 Å². The van der Waals surface area contributed by atoms with Crippen LogP contribution in [0.1, 0.15) is 19.4 Å². The molecule has 1 amide bonds. The zero-order valence-electron chi connectivity index (χ0n) is 18.5. The average Bonchev–Trinajstić information content (AvgIpc) is 2.78. The number of piperazine rings is 1. The highest BCUT2D eigenvalue weighted by molar-refractivity contribution is 7.98. The van der Waals surface area contributed by atoms with Gasteiger partial charge >= 0.3 is 6.18 Å². The molecule has 3 rings (SSSR count). The van der Waals surface area contributed by atoms with Crippen molar-refractivity contribution in [3.8, 4) is 0 Å². The van der Waals surface area contributed by atoms with Crippen molar-refractivity contribution in [2.45, 2.75) is 29.8 Å². The Hall–Kier alpha value is -2.24. The van der Waals surface area contributed by atoms with Crippen LogP contribution in [-0.2, 0) is 21.0 Å². The maximum atomic E-state index is 13.2. The molecule has 1 heterocycles. The number of nitrogens with zero attached hydrogens (tertiary/aromatic N) is 2. The highest BCUT2D eigenvalue weighted by Crippen LogP contribution is 2.33. The van der Waals surface area contributed by atoms with Gasteiger partial charge in [-0.05, 0) is 42.7 Å². The molecule has 11 heteroatoms. The van der Waals surface area contributed by atoms with Crippen LogP contribution in [0.15, 0.2) is 52.3 Å². The number of hydrogen-bond acceptors (Lipinski definition) is 5. The van der Waals surface area contributed by atoms with Gasteiger partial charge in [0, 0.05) is 42.7 Å². The Morgan fingerprint density at radius 2 is 1.73 bits per heavy atom. The molecule has 1 saturated heterocycles. The Kier molecular flexibility index (Phi) is 7.65. The molecule has 1 aliphatic rings. The molecular formula is C22H26F3N3O3S2. The highest BCUT2D eigenvalue weighted by atomic mass is 32.2. The van der Waals surface area contributed by atoms with E-state index >= 15 is 0 Å². The average molecular weight is 502 g/mol. The van der Waals surface area contributed by atoms with Crippen molar-refractivity contribution in [1.29, 1.82) is 0 Å². The van der Waals surface area contributed by atoms with E-state index in [1.807, 2.05) is 6.26 Å². The maximum Gasteiger partial charge on any atom is 0.416 e. The molecule has 0 spiro atoms. The first kappa shape index (κ1) is 25.4. The molecule has 0 bridgehead atoms. The number of halogens is 3. The van der Waals surface area contributed by atoms with E-state index in [-0.39, 0.29) is 42.9 Å². The van der Waals surface area contributed by atoms with Crippen LogP contribution < -0.4 is 10.2 Å². The van der Waals surface area contributed by atoms with E-state index in [1.165, 1.54) is 34.3 Å². The Labute approximate surface area is 196 Å². The zero-order valence-corrected chi connectivity index (χ0v) is 20.1. The van der Waals surface area contributed by atoms with Crippen LogP contribution >= 0.6 is 11.8 Å². The summed E-state index contributed by atoms with van der Waals surface area (Å²) in [4.78, 5) is 14.7. The van der Waals surface area contributed by atoms with Gasteiger partial charge in [0.05, 0.1) is 16.1 Å². The molecule has 0 atom stereocenters. The molecule has 1 fully saturated rings. The number of carbonyl (C=O) groups excluding carboxylic acids is 1. The molecule has 33 heavy (non-hydrogen) atoms. The molecule has 2 aromatic rings. The van der Waals surface area contributed by atoms with Crippen molar-refractivity contribution < 1.29 is 26.4 Å². The number of sulfonamides is 1. The monoisotopic (exact) mass is 501 g/mol. The smallest absolute Gasteiger partial charge is 0.369 e. The van der Waals surface area contributed by atoms with Crippen molar-refractivity contribution >= 4 is 39.1 Å². The van der Waals surface area contributed by atoms with Crippen LogP contribution in [0.3, 0.4) is 0 Å². The maximum absolute atomic E-state index is 13.2. The summed E-state index contributed by atoms with van der Waals surface area (Å²) in [5.41, 5.74) is 0.106. The van der Waals surface area contributed by atoms with Gasteiger partial charge in [-0.15, -0.1) is 11.8 Å². The summed E-state index contributed by atoms with van der Waals surface area (Å²) in [5.74, 6) is -0.474. The summed E-state index contributed by atoms with van der Waals surface area (Å²) in [5, 5.41) is 2.78. The number of anilines is 2. The van der Waals surface area contributed by atoms with Crippen molar-refractivity contribution in [3.63, 3.8) is 0 Å². The van der Waals surface area contributed by atoms with Gasteiger partial charge in [0.1, 0.15) is 0 Å². The minimum Gasteiger partial charge on any atom is -0.369 e.